The van der Waals surface area contributed by atoms with Crippen molar-refractivity contribution in [1.82, 2.24) is 9.62 Å². The van der Waals surface area contributed by atoms with Crippen LogP contribution >= 0.6 is 0 Å². The molecule has 0 aliphatic heterocycles. The molecule has 0 aliphatic carbocycles. The van der Waals surface area contributed by atoms with Gasteiger partial charge in [0.15, 0.2) is 0 Å². The SMILES string of the molecule is CCNCc1ccc(S(=O)(=O)N(C)CC(F)F)c(F)c1. The predicted octanol–water partition coefficient (Wildman–Crippen LogP) is 1.82. The van der Waals surface area contributed by atoms with Gasteiger partial charge in [0.25, 0.3) is 6.43 Å². The molecule has 1 aromatic carbocycles. The molecular weight excluding hydrogens is 293 g/mol. The lowest BCUT2D eigenvalue weighted by molar-refractivity contribution is 0.126. The van der Waals surface area contributed by atoms with E-state index in [-0.39, 0.29) is 0 Å². The fourth-order valence-corrected chi connectivity index (χ4v) is 2.78. The average molecular weight is 310 g/mol. The summed E-state index contributed by atoms with van der Waals surface area (Å²) >= 11 is 0. The third-order valence-electron chi connectivity index (χ3n) is 2.66. The summed E-state index contributed by atoms with van der Waals surface area (Å²) in [5.74, 6) is -0.943. The Hall–Kier alpha value is -1.12. The molecule has 0 unspecified atom stereocenters. The van der Waals surface area contributed by atoms with E-state index in [1.807, 2.05) is 6.92 Å². The van der Waals surface area contributed by atoms with E-state index in [2.05, 4.69) is 5.32 Å². The highest BCUT2D eigenvalue weighted by molar-refractivity contribution is 7.89. The molecule has 0 spiro atoms. The summed E-state index contributed by atoms with van der Waals surface area (Å²) in [4.78, 5) is -0.596. The third kappa shape index (κ3) is 4.19. The van der Waals surface area contributed by atoms with Crippen LogP contribution in [0.5, 0.6) is 0 Å². The van der Waals surface area contributed by atoms with E-state index in [1.54, 1.807) is 0 Å². The van der Waals surface area contributed by atoms with E-state index >= 15 is 0 Å². The van der Waals surface area contributed by atoms with Crippen LogP contribution in [0.25, 0.3) is 0 Å². The number of nitrogens with zero attached hydrogens (tertiary/aromatic N) is 1. The zero-order chi connectivity index (χ0) is 15.3. The number of hydrogen-bond donors (Lipinski definition) is 1. The Morgan fingerprint density at radius 1 is 1.35 bits per heavy atom. The first-order valence-corrected chi connectivity index (χ1v) is 7.46. The molecule has 1 aromatic rings. The summed E-state index contributed by atoms with van der Waals surface area (Å²) in [5, 5.41) is 2.97. The predicted molar refractivity (Wildman–Crippen MR) is 69.6 cm³/mol. The van der Waals surface area contributed by atoms with Crippen LogP contribution in [0.2, 0.25) is 0 Å². The summed E-state index contributed by atoms with van der Waals surface area (Å²) in [6, 6.07) is 3.64. The van der Waals surface area contributed by atoms with Crippen molar-refractivity contribution in [1.29, 1.82) is 0 Å². The van der Waals surface area contributed by atoms with Gasteiger partial charge in [0.05, 0.1) is 6.54 Å². The topological polar surface area (TPSA) is 49.4 Å². The fourth-order valence-electron chi connectivity index (χ4n) is 1.59. The van der Waals surface area contributed by atoms with Crippen LogP contribution < -0.4 is 5.32 Å². The van der Waals surface area contributed by atoms with E-state index in [1.165, 1.54) is 6.07 Å². The van der Waals surface area contributed by atoms with Crippen LogP contribution in [-0.4, -0.2) is 39.3 Å². The molecule has 0 aliphatic rings. The summed E-state index contributed by atoms with van der Waals surface area (Å²) in [6.07, 6.45) is -2.81. The van der Waals surface area contributed by atoms with E-state index in [9.17, 15) is 21.6 Å². The summed E-state index contributed by atoms with van der Waals surface area (Å²) in [5.41, 5.74) is 0.583. The molecule has 0 aromatic heterocycles. The largest absolute Gasteiger partial charge is 0.313 e. The van der Waals surface area contributed by atoms with Gasteiger partial charge in [-0.25, -0.2) is 21.6 Å². The van der Waals surface area contributed by atoms with Crippen LogP contribution in [0.3, 0.4) is 0 Å². The van der Waals surface area contributed by atoms with Crippen LogP contribution in [0.4, 0.5) is 13.2 Å². The van der Waals surface area contributed by atoms with E-state index in [4.69, 9.17) is 0 Å². The molecule has 8 heteroatoms. The average Bonchev–Trinajstić information content (AvgIpc) is 2.35. The Kier molecular flexibility index (Phi) is 5.97. The van der Waals surface area contributed by atoms with Gasteiger partial charge in [0, 0.05) is 13.6 Å². The van der Waals surface area contributed by atoms with Crippen molar-refractivity contribution in [2.75, 3.05) is 20.1 Å². The van der Waals surface area contributed by atoms with Gasteiger partial charge in [0.1, 0.15) is 10.7 Å². The van der Waals surface area contributed by atoms with Crippen molar-refractivity contribution < 1.29 is 21.6 Å². The van der Waals surface area contributed by atoms with Crippen LogP contribution in [0.15, 0.2) is 23.1 Å². The van der Waals surface area contributed by atoms with E-state index < -0.39 is 33.7 Å². The second-order valence-corrected chi connectivity index (χ2v) is 6.24. The molecular formula is C12H17F3N2O2S. The lowest BCUT2D eigenvalue weighted by Gasteiger charge is -2.17. The normalized spacial score (nSPS) is 12.3. The Labute approximate surface area is 116 Å². The summed E-state index contributed by atoms with van der Waals surface area (Å²) in [6.45, 7) is 2.01. The van der Waals surface area contributed by atoms with Crippen molar-refractivity contribution in [2.45, 2.75) is 24.8 Å². The molecule has 0 fully saturated rings. The minimum atomic E-state index is -4.24. The number of alkyl halides is 2. The third-order valence-corrected chi connectivity index (χ3v) is 4.52. The number of rotatable bonds is 7. The molecule has 4 nitrogen and oxygen atoms in total. The number of hydrogen-bond acceptors (Lipinski definition) is 3. The second-order valence-electron chi connectivity index (χ2n) is 4.22. The molecule has 114 valence electrons. The van der Waals surface area contributed by atoms with Crippen LogP contribution in [0, 0.1) is 5.82 Å². The Balaban J connectivity index is 3.01. The van der Waals surface area contributed by atoms with Crippen molar-refractivity contribution in [2.24, 2.45) is 0 Å². The molecule has 0 amide bonds. The molecule has 0 atom stereocenters. The molecule has 1 N–H and O–H groups in total. The van der Waals surface area contributed by atoms with Crippen molar-refractivity contribution in [3.05, 3.63) is 29.6 Å². The van der Waals surface area contributed by atoms with Gasteiger partial charge in [-0.2, -0.15) is 4.31 Å². The van der Waals surface area contributed by atoms with Gasteiger partial charge in [-0.3, -0.25) is 0 Å². The minimum absolute atomic E-state index is 0.403. The smallest absolute Gasteiger partial charge is 0.252 e. The van der Waals surface area contributed by atoms with Gasteiger partial charge >= 0.3 is 0 Å². The molecule has 0 radical (unpaired) electrons. The van der Waals surface area contributed by atoms with E-state index in [0.29, 0.717) is 23.0 Å². The van der Waals surface area contributed by atoms with Gasteiger partial charge in [0.2, 0.25) is 10.0 Å². The monoisotopic (exact) mass is 310 g/mol. The maximum atomic E-state index is 13.8. The first-order chi connectivity index (χ1) is 9.28. The lowest BCUT2D eigenvalue weighted by Crippen LogP contribution is -2.32. The molecule has 0 heterocycles. The second kappa shape index (κ2) is 7.05. The van der Waals surface area contributed by atoms with Crippen LogP contribution in [0.1, 0.15) is 12.5 Å². The number of halogens is 3. The maximum Gasteiger partial charge on any atom is 0.252 e. The molecule has 0 saturated carbocycles. The molecule has 0 bridgehead atoms. The highest BCUT2D eigenvalue weighted by Crippen LogP contribution is 2.20. The van der Waals surface area contributed by atoms with E-state index in [0.717, 1.165) is 19.2 Å². The van der Waals surface area contributed by atoms with Gasteiger partial charge in [-0.05, 0) is 24.2 Å². The van der Waals surface area contributed by atoms with Crippen molar-refractivity contribution >= 4 is 10.0 Å². The number of sulfonamides is 1. The van der Waals surface area contributed by atoms with Crippen molar-refractivity contribution in [3.8, 4) is 0 Å². The zero-order valence-corrected chi connectivity index (χ0v) is 12.1. The standard InChI is InChI=1S/C12H17F3N2O2S/c1-3-16-7-9-4-5-11(10(13)6-9)20(18,19)17(2)8-12(14)15/h4-6,12,16H,3,7-8H2,1-2H3. The Morgan fingerprint density at radius 3 is 2.50 bits per heavy atom. The quantitative estimate of drug-likeness (QED) is 0.836. The Bertz CT molecular complexity index is 550. The van der Waals surface area contributed by atoms with Gasteiger partial charge < -0.3 is 5.32 Å². The molecule has 0 saturated heterocycles. The highest BCUT2D eigenvalue weighted by atomic mass is 32.2. The van der Waals surface area contributed by atoms with Gasteiger partial charge in [-0.15, -0.1) is 0 Å². The molecule has 1 rings (SSSR count). The molecule has 20 heavy (non-hydrogen) atoms. The zero-order valence-electron chi connectivity index (χ0n) is 11.2. The lowest BCUT2D eigenvalue weighted by atomic mass is 10.2. The summed E-state index contributed by atoms with van der Waals surface area (Å²) < 4.78 is 62.7. The maximum absolute atomic E-state index is 13.8. The fraction of sp³-hybridized carbons (Fsp3) is 0.500. The van der Waals surface area contributed by atoms with Gasteiger partial charge in [-0.1, -0.05) is 13.0 Å². The highest BCUT2D eigenvalue weighted by Gasteiger charge is 2.26. The first-order valence-electron chi connectivity index (χ1n) is 6.02. The Morgan fingerprint density at radius 2 is 2.00 bits per heavy atom. The minimum Gasteiger partial charge on any atom is -0.313 e. The first kappa shape index (κ1) is 16.9. The number of nitrogens with one attached hydrogen (secondary N) is 1. The summed E-state index contributed by atoms with van der Waals surface area (Å²) in [7, 11) is -3.25. The van der Waals surface area contributed by atoms with Crippen LogP contribution in [-0.2, 0) is 16.6 Å². The van der Waals surface area contributed by atoms with Crippen molar-refractivity contribution in [3.63, 3.8) is 0 Å². The number of benzene rings is 1.